The number of halogens is 4. The van der Waals surface area contributed by atoms with Gasteiger partial charge in [0.1, 0.15) is 5.75 Å². The van der Waals surface area contributed by atoms with Crippen molar-refractivity contribution in [1.82, 2.24) is 9.97 Å². The number of fused-ring (bicyclic) bond motifs is 1. The Kier molecular flexibility index (Phi) is 6.91. The molecule has 1 fully saturated rings. The van der Waals surface area contributed by atoms with Gasteiger partial charge in [-0.15, -0.1) is 0 Å². The Morgan fingerprint density at radius 1 is 1.00 bits per heavy atom. The fraction of sp³-hybridized carbons (Fsp3) is 0.333. The van der Waals surface area contributed by atoms with Crippen molar-refractivity contribution in [3.8, 4) is 5.75 Å². The fourth-order valence-corrected chi connectivity index (χ4v) is 6.82. The lowest BCUT2D eigenvalue weighted by Crippen LogP contribution is -2.41. The van der Waals surface area contributed by atoms with Gasteiger partial charge in [-0.2, -0.15) is 13.2 Å². The molecule has 9 nitrogen and oxygen atoms in total. The van der Waals surface area contributed by atoms with Crippen LogP contribution in [0.2, 0.25) is 0 Å². The number of nitrogens with zero attached hydrogens (tertiary/aromatic N) is 3. The number of nitrogens with one attached hydrogen (secondary N) is 1. The Labute approximate surface area is 221 Å². The van der Waals surface area contributed by atoms with Crippen LogP contribution in [0.3, 0.4) is 0 Å². The van der Waals surface area contributed by atoms with E-state index < -0.39 is 43.3 Å². The number of benzene rings is 2. The standard InChI is InChI=1S/C24H22F4N4O5S2/c25-16-13-29-23(30-14-16)31-39(35,36)17-2-4-20-18(5-8-37-22(20)12-17)19-3-1-15(24(26,27)28)11-21(19)32-6-9-38(33,34)10-7-32/h1-4,11-14,18H,5-10H2,(H,29,30,31). The molecule has 2 aliphatic heterocycles. The molecule has 3 heterocycles. The van der Waals surface area contributed by atoms with Crippen LogP contribution in [0.1, 0.15) is 29.0 Å². The first-order chi connectivity index (χ1) is 18.3. The summed E-state index contributed by atoms with van der Waals surface area (Å²) < 4.78 is 111. The zero-order valence-corrected chi connectivity index (χ0v) is 21.8. The van der Waals surface area contributed by atoms with Gasteiger partial charge < -0.3 is 9.64 Å². The minimum Gasteiger partial charge on any atom is -0.493 e. The number of anilines is 2. The summed E-state index contributed by atoms with van der Waals surface area (Å²) in [6, 6.07) is 7.56. The molecule has 208 valence electrons. The molecule has 1 atom stereocenters. The zero-order valence-electron chi connectivity index (χ0n) is 20.2. The average Bonchev–Trinajstić information content (AvgIpc) is 2.88. The van der Waals surface area contributed by atoms with E-state index in [-0.39, 0.29) is 53.5 Å². The number of hydrogen-bond donors (Lipinski definition) is 1. The third-order valence-electron chi connectivity index (χ3n) is 6.60. The van der Waals surface area contributed by atoms with Crippen LogP contribution in [-0.4, -0.2) is 58.0 Å². The van der Waals surface area contributed by atoms with E-state index in [1.165, 1.54) is 24.3 Å². The molecule has 2 aromatic carbocycles. The number of sulfone groups is 1. The number of sulfonamides is 1. The second-order valence-corrected chi connectivity index (χ2v) is 13.1. The smallest absolute Gasteiger partial charge is 0.416 e. The van der Waals surface area contributed by atoms with Gasteiger partial charge in [0.25, 0.3) is 10.0 Å². The van der Waals surface area contributed by atoms with Crippen LogP contribution in [0, 0.1) is 5.82 Å². The summed E-state index contributed by atoms with van der Waals surface area (Å²) in [5, 5.41) is 0. The van der Waals surface area contributed by atoms with Gasteiger partial charge >= 0.3 is 6.18 Å². The van der Waals surface area contributed by atoms with Crippen molar-refractivity contribution in [2.24, 2.45) is 0 Å². The number of alkyl halides is 3. The van der Waals surface area contributed by atoms with Gasteiger partial charge in [-0.05, 0) is 30.2 Å². The second kappa shape index (κ2) is 9.93. The molecule has 0 radical (unpaired) electrons. The summed E-state index contributed by atoms with van der Waals surface area (Å²) in [6.45, 7) is 0.284. The largest absolute Gasteiger partial charge is 0.493 e. The number of rotatable bonds is 5. The van der Waals surface area contributed by atoms with E-state index in [1.54, 1.807) is 4.90 Å². The van der Waals surface area contributed by atoms with Gasteiger partial charge in [0, 0.05) is 36.3 Å². The molecule has 1 N–H and O–H groups in total. The highest BCUT2D eigenvalue weighted by Gasteiger charge is 2.35. The summed E-state index contributed by atoms with van der Waals surface area (Å²) in [5.41, 5.74) is 0.561. The Morgan fingerprint density at radius 3 is 2.33 bits per heavy atom. The predicted molar refractivity (Wildman–Crippen MR) is 134 cm³/mol. The molecule has 0 amide bonds. The van der Waals surface area contributed by atoms with Crippen LogP contribution in [0.4, 0.5) is 29.2 Å². The number of ether oxygens (including phenoxy) is 1. The first-order valence-corrected chi connectivity index (χ1v) is 15.1. The minimum absolute atomic E-state index is 0.0566. The van der Waals surface area contributed by atoms with E-state index in [0.29, 0.717) is 17.5 Å². The predicted octanol–water partition coefficient (Wildman–Crippen LogP) is 3.58. The van der Waals surface area contributed by atoms with Crippen molar-refractivity contribution >= 4 is 31.5 Å². The van der Waals surface area contributed by atoms with E-state index in [0.717, 1.165) is 24.5 Å². The van der Waals surface area contributed by atoms with Crippen LogP contribution in [-0.2, 0) is 26.0 Å². The minimum atomic E-state index is -4.59. The maximum absolute atomic E-state index is 13.6. The van der Waals surface area contributed by atoms with Gasteiger partial charge in [-0.1, -0.05) is 12.1 Å². The van der Waals surface area contributed by atoms with Gasteiger partial charge in [-0.3, -0.25) is 0 Å². The van der Waals surface area contributed by atoms with Gasteiger partial charge in [0.15, 0.2) is 15.7 Å². The maximum Gasteiger partial charge on any atom is 0.416 e. The highest BCUT2D eigenvalue weighted by molar-refractivity contribution is 7.92. The monoisotopic (exact) mass is 586 g/mol. The molecule has 39 heavy (non-hydrogen) atoms. The quantitative estimate of drug-likeness (QED) is 0.451. The molecule has 1 saturated heterocycles. The van der Waals surface area contributed by atoms with Crippen LogP contribution in [0.25, 0.3) is 0 Å². The molecule has 0 saturated carbocycles. The first kappa shape index (κ1) is 27.1. The molecule has 1 unspecified atom stereocenters. The van der Waals surface area contributed by atoms with Gasteiger partial charge in [-0.25, -0.2) is 35.9 Å². The van der Waals surface area contributed by atoms with E-state index in [1.807, 2.05) is 0 Å². The molecule has 5 rings (SSSR count). The normalized spacial score (nSPS) is 19.2. The van der Waals surface area contributed by atoms with Crippen molar-refractivity contribution in [2.75, 3.05) is 40.8 Å². The Balaban J connectivity index is 1.51. The molecule has 0 bridgehead atoms. The Hall–Kier alpha value is -3.46. The lowest BCUT2D eigenvalue weighted by molar-refractivity contribution is -0.137. The van der Waals surface area contributed by atoms with Gasteiger partial charge in [0.05, 0.1) is 41.0 Å². The highest BCUT2D eigenvalue weighted by Crippen LogP contribution is 2.44. The first-order valence-electron chi connectivity index (χ1n) is 11.8. The average molecular weight is 587 g/mol. The summed E-state index contributed by atoms with van der Waals surface area (Å²) >= 11 is 0. The van der Waals surface area contributed by atoms with E-state index in [4.69, 9.17) is 4.74 Å². The third-order valence-corrected chi connectivity index (χ3v) is 9.53. The second-order valence-electron chi connectivity index (χ2n) is 9.13. The van der Waals surface area contributed by atoms with Crippen LogP contribution < -0.4 is 14.4 Å². The van der Waals surface area contributed by atoms with E-state index in [2.05, 4.69) is 14.7 Å². The molecule has 15 heteroatoms. The summed E-state index contributed by atoms with van der Waals surface area (Å²) in [5.74, 6) is -1.60. The van der Waals surface area contributed by atoms with Crippen molar-refractivity contribution in [2.45, 2.75) is 23.4 Å². The van der Waals surface area contributed by atoms with Crippen molar-refractivity contribution in [1.29, 1.82) is 0 Å². The Morgan fingerprint density at radius 2 is 1.67 bits per heavy atom. The zero-order chi connectivity index (χ0) is 28.0. The van der Waals surface area contributed by atoms with E-state index in [9.17, 15) is 34.4 Å². The number of aromatic nitrogens is 2. The summed E-state index contributed by atoms with van der Waals surface area (Å²) in [7, 11) is -7.43. The highest BCUT2D eigenvalue weighted by atomic mass is 32.2. The van der Waals surface area contributed by atoms with Crippen molar-refractivity contribution in [3.05, 3.63) is 71.3 Å². The fourth-order valence-electron chi connectivity index (χ4n) is 4.65. The molecular weight excluding hydrogens is 564 g/mol. The molecular formula is C24H22F4N4O5S2. The van der Waals surface area contributed by atoms with Crippen LogP contribution >= 0.6 is 0 Å². The van der Waals surface area contributed by atoms with Gasteiger partial charge in [0.2, 0.25) is 5.95 Å². The topological polar surface area (TPSA) is 119 Å². The van der Waals surface area contributed by atoms with Crippen molar-refractivity contribution < 1.29 is 39.1 Å². The number of hydrogen-bond acceptors (Lipinski definition) is 8. The molecule has 0 spiro atoms. The Bertz CT molecular complexity index is 1600. The van der Waals surface area contributed by atoms with E-state index >= 15 is 0 Å². The van der Waals surface area contributed by atoms with Crippen LogP contribution in [0.5, 0.6) is 5.75 Å². The lowest BCUT2D eigenvalue weighted by atomic mass is 9.85. The summed E-state index contributed by atoms with van der Waals surface area (Å²) in [4.78, 5) is 8.64. The molecule has 0 aliphatic carbocycles. The van der Waals surface area contributed by atoms with Crippen LogP contribution in [0.15, 0.2) is 53.7 Å². The SMILES string of the molecule is O=S1(=O)CCN(c2cc(C(F)(F)F)ccc2C2CCOc3cc(S(=O)(=O)Nc4ncc(F)cn4)ccc32)CC1. The molecule has 1 aromatic heterocycles. The molecule has 2 aliphatic rings. The lowest BCUT2D eigenvalue weighted by Gasteiger charge is -2.34. The van der Waals surface area contributed by atoms with Crippen molar-refractivity contribution in [3.63, 3.8) is 0 Å². The molecule has 3 aromatic rings. The maximum atomic E-state index is 13.6. The summed E-state index contributed by atoms with van der Waals surface area (Å²) in [6.07, 6.45) is -2.56. The third kappa shape index (κ3) is 5.78.